The average Bonchev–Trinajstić information content (AvgIpc) is 3.20. The highest BCUT2D eigenvalue weighted by Gasteiger charge is 2.20. The number of carbonyl (C=O) groups excluding carboxylic acids is 2. The van der Waals surface area contributed by atoms with E-state index in [-0.39, 0.29) is 17.0 Å². The van der Waals surface area contributed by atoms with E-state index in [1.807, 2.05) is 0 Å². The third kappa shape index (κ3) is 6.04. The average molecular weight is 444 g/mol. The Morgan fingerprint density at radius 1 is 1.21 bits per heavy atom. The molecule has 158 valence electrons. The van der Waals surface area contributed by atoms with Crippen LogP contribution in [0.25, 0.3) is 11.0 Å². The number of hydrogen-bond acceptors (Lipinski definition) is 10. The van der Waals surface area contributed by atoms with Crippen molar-refractivity contribution in [1.82, 2.24) is 29.2 Å². The summed E-state index contributed by atoms with van der Waals surface area (Å²) in [5.74, 6) is -0.762. The van der Waals surface area contributed by atoms with E-state index in [2.05, 4.69) is 29.2 Å². The van der Waals surface area contributed by atoms with Gasteiger partial charge in [0.15, 0.2) is 0 Å². The van der Waals surface area contributed by atoms with Crippen LogP contribution in [0.1, 0.15) is 0 Å². The highest BCUT2D eigenvalue weighted by atomic mass is 32.2. The molecule has 0 saturated carbocycles. The Labute approximate surface area is 170 Å². The summed E-state index contributed by atoms with van der Waals surface area (Å²) in [6, 6.07) is 4.54. The fourth-order valence-electron chi connectivity index (χ4n) is 2.53. The molecular weight excluding hydrogens is 424 g/mol. The Hall–Kier alpha value is -2.39. The Bertz CT molecular complexity index is 959. The van der Waals surface area contributed by atoms with E-state index in [4.69, 9.17) is 9.47 Å². The van der Waals surface area contributed by atoms with Gasteiger partial charge in [0.2, 0.25) is 10.0 Å². The Kier molecular flexibility index (Phi) is 7.27. The summed E-state index contributed by atoms with van der Waals surface area (Å²) in [5.41, 5.74) is 4.82. The first-order valence-electron chi connectivity index (χ1n) is 8.68. The van der Waals surface area contributed by atoms with Crippen LogP contribution in [0.2, 0.25) is 0 Å². The van der Waals surface area contributed by atoms with Gasteiger partial charge < -0.3 is 9.47 Å². The number of hydrazine groups is 1. The zero-order valence-corrected chi connectivity index (χ0v) is 16.9. The molecule has 0 unspecified atom stereocenters. The van der Waals surface area contributed by atoms with Crippen LogP contribution in [0.4, 0.5) is 4.79 Å². The quantitative estimate of drug-likeness (QED) is 0.459. The first kappa shape index (κ1) is 21.3. The molecule has 3 rings (SSSR count). The smallest absolute Gasteiger partial charge is 0.426 e. The molecule has 2 amide bonds. The van der Waals surface area contributed by atoms with Gasteiger partial charge in [-0.2, -0.15) is 8.75 Å². The molecule has 1 saturated heterocycles. The van der Waals surface area contributed by atoms with Crippen molar-refractivity contribution in [3.8, 4) is 0 Å². The van der Waals surface area contributed by atoms with Crippen molar-refractivity contribution in [1.29, 1.82) is 0 Å². The second kappa shape index (κ2) is 9.89. The number of hydrogen-bond donors (Lipinski definition) is 3. The van der Waals surface area contributed by atoms with Crippen molar-refractivity contribution >= 4 is 44.8 Å². The lowest BCUT2D eigenvalue weighted by Gasteiger charge is -2.26. The maximum atomic E-state index is 12.4. The number of nitrogens with zero attached hydrogens (tertiary/aromatic N) is 3. The standard InChI is InChI=1S/C15H20N6O6S2/c22-13(17-18-15(23)27-9-6-21-4-7-26-8-5-21)10-16-29(24,25)12-3-1-2-11-14(12)20-28-19-11/h1-3,16H,4-10H2,(H,17,22)(H,18,23). The number of sulfonamides is 1. The molecule has 0 spiro atoms. The lowest BCUT2D eigenvalue weighted by molar-refractivity contribution is -0.120. The van der Waals surface area contributed by atoms with E-state index in [0.29, 0.717) is 25.3 Å². The summed E-state index contributed by atoms with van der Waals surface area (Å²) in [4.78, 5) is 25.4. The molecule has 12 nitrogen and oxygen atoms in total. The number of benzene rings is 1. The third-order valence-corrected chi connectivity index (χ3v) is 5.99. The minimum absolute atomic E-state index is 0.0768. The van der Waals surface area contributed by atoms with Crippen molar-refractivity contribution < 1.29 is 27.5 Å². The molecule has 2 heterocycles. The highest BCUT2D eigenvalue weighted by molar-refractivity contribution is 7.89. The number of morpholine rings is 1. The largest absolute Gasteiger partial charge is 0.447 e. The first-order chi connectivity index (χ1) is 14.0. The molecule has 29 heavy (non-hydrogen) atoms. The van der Waals surface area contributed by atoms with Crippen molar-refractivity contribution in [2.24, 2.45) is 0 Å². The van der Waals surface area contributed by atoms with Gasteiger partial charge in [-0.1, -0.05) is 6.07 Å². The molecule has 2 aromatic rings. The second-order valence-electron chi connectivity index (χ2n) is 5.98. The zero-order valence-electron chi connectivity index (χ0n) is 15.3. The molecule has 3 N–H and O–H groups in total. The molecule has 1 aliphatic heterocycles. The summed E-state index contributed by atoms with van der Waals surface area (Å²) < 4.78 is 45.1. The van der Waals surface area contributed by atoms with Crippen LogP contribution in [0, 0.1) is 0 Å². The summed E-state index contributed by atoms with van der Waals surface area (Å²) in [5, 5.41) is 0. The Morgan fingerprint density at radius 2 is 2.00 bits per heavy atom. The third-order valence-electron chi connectivity index (χ3n) is 4.01. The van der Waals surface area contributed by atoms with Crippen LogP contribution in [0.15, 0.2) is 23.1 Å². The van der Waals surface area contributed by atoms with Gasteiger partial charge in [-0.25, -0.2) is 23.4 Å². The van der Waals surface area contributed by atoms with Gasteiger partial charge in [0.25, 0.3) is 5.91 Å². The number of carbonyl (C=O) groups is 2. The summed E-state index contributed by atoms with van der Waals surface area (Å²) in [7, 11) is -3.98. The van der Waals surface area contributed by atoms with Crippen molar-refractivity contribution in [3.05, 3.63) is 18.2 Å². The fraction of sp³-hybridized carbons (Fsp3) is 0.467. The minimum Gasteiger partial charge on any atom is -0.447 e. The Morgan fingerprint density at radius 3 is 2.79 bits per heavy atom. The molecule has 1 aromatic heterocycles. The maximum Gasteiger partial charge on any atom is 0.426 e. The van der Waals surface area contributed by atoms with E-state index < -0.39 is 28.6 Å². The molecule has 0 bridgehead atoms. The number of aromatic nitrogens is 2. The molecule has 14 heteroatoms. The summed E-state index contributed by atoms with van der Waals surface area (Å²) in [6.07, 6.45) is -0.840. The SMILES string of the molecule is O=C(CNS(=O)(=O)c1cccc2nsnc12)NNC(=O)OCCN1CCOCC1. The fourth-order valence-corrected chi connectivity index (χ4v) is 4.28. The van der Waals surface area contributed by atoms with Gasteiger partial charge in [0.1, 0.15) is 22.5 Å². The van der Waals surface area contributed by atoms with Gasteiger partial charge in [-0.3, -0.25) is 15.1 Å². The lowest BCUT2D eigenvalue weighted by Crippen LogP contribution is -2.47. The maximum absolute atomic E-state index is 12.4. The van der Waals surface area contributed by atoms with Crippen LogP contribution >= 0.6 is 11.7 Å². The first-order valence-corrected chi connectivity index (χ1v) is 10.9. The lowest BCUT2D eigenvalue weighted by atomic mass is 10.3. The predicted molar refractivity (Wildman–Crippen MR) is 102 cm³/mol. The van der Waals surface area contributed by atoms with E-state index in [1.54, 1.807) is 6.07 Å². The highest BCUT2D eigenvalue weighted by Crippen LogP contribution is 2.20. The van der Waals surface area contributed by atoms with Crippen LogP contribution in [-0.4, -0.2) is 80.1 Å². The zero-order chi connectivity index (χ0) is 20.7. The molecule has 0 atom stereocenters. The topological polar surface area (TPSA) is 152 Å². The van der Waals surface area contributed by atoms with Gasteiger partial charge >= 0.3 is 6.09 Å². The number of nitrogens with one attached hydrogen (secondary N) is 3. The molecule has 0 radical (unpaired) electrons. The molecule has 1 aromatic carbocycles. The predicted octanol–water partition coefficient (Wildman–Crippen LogP) is -0.941. The Balaban J connectivity index is 1.39. The van der Waals surface area contributed by atoms with Crippen LogP contribution in [0.3, 0.4) is 0 Å². The van der Waals surface area contributed by atoms with E-state index in [0.717, 1.165) is 24.8 Å². The van der Waals surface area contributed by atoms with Crippen molar-refractivity contribution in [3.63, 3.8) is 0 Å². The van der Waals surface area contributed by atoms with Gasteiger partial charge in [-0.05, 0) is 12.1 Å². The molecule has 0 aliphatic carbocycles. The number of ether oxygens (including phenoxy) is 2. The van der Waals surface area contributed by atoms with Crippen LogP contribution in [-0.2, 0) is 24.3 Å². The number of amides is 2. The second-order valence-corrected chi connectivity index (χ2v) is 8.24. The minimum atomic E-state index is -3.98. The van der Waals surface area contributed by atoms with Gasteiger partial charge in [0.05, 0.1) is 31.5 Å². The number of fused-ring (bicyclic) bond motifs is 1. The summed E-state index contributed by atoms with van der Waals surface area (Å²) >= 11 is 0.892. The summed E-state index contributed by atoms with van der Waals surface area (Å²) in [6.45, 7) is 2.96. The van der Waals surface area contributed by atoms with E-state index in [1.165, 1.54) is 12.1 Å². The van der Waals surface area contributed by atoms with Gasteiger partial charge in [0, 0.05) is 19.6 Å². The molecule has 1 aliphatic rings. The van der Waals surface area contributed by atoms with Gasteiger partial charge in [-0.15, -0.1) is 0 Å². The monoisotopic (exact) mass is 444 g/mol. The van der Waals surface area contributed by atoms with Crippen molar-refractivity contribution in [2.75, 3.05) is 46.0 Å². The van der Waals surface area contributed by atoms with Crippen molar-refractivity contribution in [2.45, 2.75) is 4.90 Å². The van der Waals surface area contributed by atoms with Crippen LogP contribution in [0.5, 0.6) is 0 Å². The van der Waals surface area contributed by atoms with E-state index >= 15 is 0 Å². The molecular formula is C15H20N6O6S2. The normalized spacial score (nSPS) is 15.2. The van der Waals surface area contributed by atoms with E-state index in [9.17, 15) is 18.0 Å². The molecule has 1 fully saturated rings. The van der Waals surface area contributed by atoms with Crippen LogP contribution < -0.4 is 15.6 Å². The number of rotatable bonds is 7.